The molecule has 198 valence electrons. The topological polar surface area (TPSA) is 55.7 Å². The van der Waals surface area contributed by atoms with Gasteiger partial charge in [-0.05, 0) is 12.1 Å². The number of hydrogen-bond acceptors (Lipinski definition) is 4. The average Bonchev–Trinajstić information content (AvgIpc) is 3.02. The van der Waals surface area contributed by atoms with E-state index in [0.717, 1.165) is 29.7 Å². The average molecular weight is 548 g/mol. The van der Waals surface area contributed by atoms with Crippen LogP contribution >= 0.6 is 0 Å². The van der Waals surface area contributed by atoms with Crippen molar-refractivity contribution in [1.82, 2.24) is 5.43 Å². The molecular weight excluding hydrogens is 540 g/mol. The number of benzene rings is 3. The molecule has 1 saturated heterocycles. The van der Waals surface area contributed by atoms with Crippen LogP contribution in [-0.4, -0.2) is 16.1 Å². The van der Waals surface area contributed by atoms with Gasteiger partial charge in [0.25, 0.3) is 5.72 Å². The minimum Gasteiger partial charge on any atom is -0.365 e. The van der Waals surface area contributed by atoms with Crippen molar-refractivity contribution >= 4 is 5.69 Å². The number of hydrogen-bond donors (Lipinski definition) is 3. The molecule has 0 amide bonds. The first-order valence-electron chi connectivity index (χ1n) is 9.55. The molecule has 37 heavy (non-hydrogen) atoms. The summed E-state index contributed by atoms with van der Waals surface area (Å²) >= 11 is 0. The molecule has 2 atom stereocenters. The highest BCUT2D eigenvalue weighted by Crippen LogP contribution is 2.57. The lowest BCUT2D eigenvalue weighted by Gasteiger charge is -2.38. The summed E-state index contributed by atoms with van der Waals surface area (Å²) < 4.78 is 173. The van der Waals surface area contributed by atoms with Crippen molar-refractivity contribution in [3.63, 3.8) is 0 Å². The highest BCUT2D eigenvalue weighted by molar-refractivity contribution is 5.55. The Kier molecular flexibility index (Phi) is 5.93. The molecule has 1 heterocycles. The van der Waals surface area contributed by atoms with Crippen LogP contribution in [0.15, 0.2) is 30.3 Å². The van der Waals surface area contributed by atoms with Crippen molar-refractivity contribution < 1.29 is 62.9 Å². The zero-order valence-corrected chi connectivity index (χ0v) is 17.3. The lowest BCUT2D eigenvalue weighted by Crippen LogP contribution is -2.57. The normalized spacial score (nSPS) is 23.1. The Balaban J connectivity index is 2.16. The van der Waals surface area contributed by atoms with Gasteiger partial charge < -0.3 is 10.2 Å². The highest BCUT2D eigenvalue weighted by Gasteiger charge is 2.79. The summed E-state index contributed by atoms with van der Waals surface area (Å²) in [6.07, 6.45) is 0. The Labute approximate surface area is 196 Å². The maximum atomic E-state index is 15.8. The van der Waals surface area contributed by atoms with Gasteiger partial charge in [0.1, 0.15) is 0 Å². The van der Waals surface area contributed by atoms with Gasteiger partial charge in [-0.3, -0.25) is 5.01 Å². The number of hydrazine groups is 1. The van der Waals surface area contributed by atoms with E-state index in [9.17, 15) is 54.1 Å². The van der Waals surface area contributed by atoms with Gasteiger partial charge in [-0.25, -0.2) is 43.9 Å². The molecule has 2 unspecified atom stereocenters. The van der Waals surface area contributed by atoms with E-state index in [1.54, 1.807) is 0 Å². The van der Waals surface area contributed by atoms with Crippen LogP contribution in [0, 0.1) is 58.2 Å². The number of aliphatic hydroxyl groups is 2. The predicted molar refractivity (Wildman–Crippen MR) is 97.3 cm³/mol. The summed E-state index contributed by atoms with van der Waals surface area (Å²) in [6, 6.07) is 4.69. The molecule has 16 heteroatoms. The summed E-state index contributed by atoms with van der Waals surface area (Å²) in [5, 5.41) is 21.1. The second-order valence-corrected chi connectivity index (χ2v) is 7.63. The van der Waals surface area contributed by atoms with E-state index in [4.69, 9.17) is 0 Å². The molecule has 0 saturated carbocycles. The summed E-state index contributed by atoms with van der Waals surface area (Å²) in [5.74, 6) is -35.3. The number of nitrogens with one attached hydrogen (secondary N) is 1. The Morgan fingerprint density at radius 3 is 1.30 bits per heavy atom. The Morgan fingerprint density at radius 2 is 0.892 bits per heavy atom. The third-order valence-electron chi connectivity index (χ3n) is 5.63. The van der Waals surface area contributed by atoms with Gasteiger partial charge in [0.15, 0.2) is 46.5 Å². The van der Waals surface area contributed by atoms with Crippen LogP contribution in [0.3, 0.4) is 0 Å². The smallest absolute Gasteiger partial charge is 0.347 e. The lowest BCUT2D eigenvalue weighted by atomic mass is 9.85. The third-order valence-corrected chi connectivity index (χ3v) is 5.63. The number of anilines is 1. The highest BCUT2D eigenvalue weighted by atomic mass is 19.3. The Morgan fingerprint density at radius 1 is 0.541 bits per heavy atom. The first-order valence-corrected chi connectivity index (χ1v) is 9.55. The fourth-order valence-electron chi connectivity index (χ4n) is 3.85. The summed E-state index contributed by atoms with van der Waals surface area (Å²) in [6.45, 7) is 0. The van der Waals surface area contributed by atoms with E-state index >= 15 is 8.78 Å². The van der Waals surface area contributed by atoms with E-state index < -0.39 is 97.4 Å². The molecule has 0 aliphatic carbocycles. The predicted octanol–water partition coefficient (Wildman–Crippen LogP) is 4.73. The minimum absolute atomic E-state index is 0.552. The lowest BCUT2D eigenvalue weighted by molar-refractivity contribution is -0.254. The van der Waals surface area contributed by atoms with Crippen molar-refractivity contribution in [3.05, 3.63) is 99.6 Å². The van der Waals surface area contributed by atoms with Crippen LogP contribution < -0.4 is 10.4 Å². The van der Waals surface area contributed by atoms with Gasteiger partial charge in [-0.1, -0.05) is 18.2 Å². The quantitative estimate of drug-likeness (QED) is 0.252. The Bertz CT molecular complexity index is 1380. The van der Waals surface area contributed by atoms with E-state index in [2.05, 4.69) is 0 Å². The molecular formula is C21H8F12N2O2. The van der Waals surface area contributed by atoms with E-state index in [-0.39, 0.29) is 0 Å². The second-order valence-electron chi connectivity index (χ2n) is 7.63. The monoisotopic (exact) mass is 548 g/mol. The summed E-state index contributed by atoms with van der Waals surface area (Å²) in [4.78, 5) is 0. The molecule has 4 rings (SSSR count). The zero-order valence-electron chi connectivity index (χ0n) is 17.3. The fourth-order valence-corrected chi connectivity index (χ4v) is 3.85. The molecule has 1 aliphatic heterocycles. The summed E-state index contributed by atoms with van der Waals surface area (Å²) in [7, 11) is 0. The van der Waals surface area contributed by atoms with Gasteiger partial charge in [-0.15, -0.1) is 0 Å². The number of halogens is 12. The van der Waals surface area contributed by atoms with Crippen LogP contribution in [0.5, 0.6) is 0 Å². The van der Waals surface area contributed by atoms with Gasteiger partial charge in [0.05, 0.1) is 16.8 Å². The van der Waals surface area contributed by atoms with Crippen LogP contribution in [0.4, 0.5) is 58.4 Å². The van der Waals surface area contributed by atoms with Crippen LogP contribution in [-0.2, 0) is 11.4 Å². The fraction of sp³-hybridized carbons (Fsp3) is 0.143. The zero-order chi connectivity index (χ0) is 27.8. The van der Waals surface area contributed by atoms with Crippen molar-refractivity contribution in [1.29, 1.82) is 0 Å². The molecule has 0 radical (unpaired) electrons. The van der Waals surface area contributed by atoms with Crippen LogP contribution in [0.2, 0.25) is 0 Å². The summed E-state index contributed by atoms with van der Waals surface area (Å²) in [5.41, 5.74) is -15.1. The molecule has 0 spiro atoms. The van der Waals surface area contributed by atoms with Gasteiger partial charge in [-0.2, -0.15) is 14.2 Å². The number of alkyl halides is 2. The van der Waals surface area contributed by atoms with Crippen molar-refractivity contribution in [3.8, 4) is 0 Å². The largest absolute Gasteiger partial charge is 0.365 e. The third kappa shape index (κ3) is 3.18. The molecule has 3 aromatic carbocycles. The van der Waals surface area contributed by atoms with Crippen LogP contribution in [0.1, 0.15) is 11.1 Å². The van der Waals surface area contributed by atoms with Crippen molar-refractivity contribution in [2.75, 3.05) is 5.01 Å². The molecule has 3 N–H and O–H groups in total. The number of nitrogens with zero attached hydrogens (tertiary/aromatic N) is 1. The van der Waals surface area contributed by atoms with E-state index in [1.165, 1.54) is 6.07 Å². The maximum Gasteiger partial charge on any atom is 0.347 e. The number of para-hydroxylation sites is 1. The SMILES string of the molecule is OC1(c2c(F)c(F)c(F)c(F)c2F)NN(c2ccccc2)C(O)(c2c(F)c(F)c(F)c(F)c2F)C1(F)F. The van der Waals surface area contributed by atoms with Crippen molar-refractivity contribution in [2.24, 2.45) is 0 Å². The standard InChI is InChI=1S/C21H8F12N2O2/c22-9-7(10(23)14(27)17(30)13(9)26)19(36)21(32,33)20(37,35(34-19)6-4-2-1-3-5-6)8-11(24)15(28)18(31)16(29)12(8)25/h1-5,34,36-37H. The van der Waals surface area contributed by atoms with Gasteiger partial charge >= 0.3 is 5.92 Å². The maximum absolute atomic E-state index is 15.8. The molecule has 0 bridgehead atoms. The minimum atomic E-state index is -5.94. The van der Waals surface area contributed by atoms with Gasteiger partial charge in [0.2, 0.25) is 17.4 Å². The Hall–Kier alpha value is -3.50. The van der Waals surface area contributed by atoms with E-state index in [1.807, 2.05) is 0 Å². The molecule has 0 aromatic heterocycles. The van der Waals surface area contributed by atoms with Crippen molar-refractivity contribution in [2.45, 2.75) is 17.4 Å². The molecule has 3 aromatic rings. The van der Waals surface area contributed by atoms with Crippen LogP contribution in [0.25, 0.3) is 0 Å². The first-order chi connectivity index (χ1) is 17.1. The van der Waals surface area contributed by atoms with Gasteiger partial charge in [0, 0.05) is 0 Å². The van der Waals surface area contributed by atoms with E-state index in [0.29, 0.717) is 0 Å². The second kappa shape index (κ2) is 8.26. The molecule has 1 fully saturated rings. The first kappa shape index (κ1) is 26.6. The number of rotatable bonds is 3. The molecule has 4 nitrogen and oxygen atoms in total. The molecule has 1 aliphatic rings.